The van der Waals surface area contributed by atoms with Crippen LogP contribution in [0.3, 0.4) is 0 Å². The number of rotatable bonds is 2. The van der Waals surface area contributed by atoms with Gasteiger partial charge in [0.2, 0.25) is 0 Å². The van der Waals surface area contributed by atoms with Gasteiger partial charge in [0.1, 0.15) is 0 Å². The molecule has 4 aromatic rings. The van der Waals surface area contributed by atoms with Gasteiger partial charge in [-0.3, -0.25) is 0 Å². The van der Waals surface area contributed by atoms with Crippen LogP contribution < -0.4 is 5.32 Å². The molecule has 24 heavy (non-hydrogen) atoms. The highest BCUT2D eigenvalue weighted by Gasteiger charge is 2.19. The van der Waals surface area contributed by atoms with Crippen molar-refractivity contribution in [3.05, 3.63) is 83.6 Å². The third kappa shape index (κ3) is 2.07. The maximum Gasteiger partial charge on any atom is 0.0489 e. The van der Waals surface area contributed by atoms with E-state index in [-0.39, 0.29) is 0 Å². The predicted octanol–water partition coefficient (Wildman–Crippen LogP) is 4.49. The van der Waals surface area contributed by atoms with Crippen LogP contribution in [0.4, 0.5) is 0 Å². The van der Waals surface area contributed by atoms with Crippen molar-refractivity contribution in [2.24, 2.45) is 0 Å². The minimum atomic E-state index is 0.929. The maximum atomic E-state index is 3.54. The Kier molecular flexibility index (Phi) is 3.17. The molecule has 0 fully saturated rings. The van der Waals surface area contributed by atoms with Gasteiger partial charge in [0.15, 0.2) is 0 Å². The van der Waals surface area contributed by atoms with E-state index >= 15 is 0 Å². The number of fused-ring (bicyclic) bond motifs is 4. The molecule has 0 radical (unpaired) electrons. The normalized spacial score (nSPS) is 14.2. The fourth-order valence-electron chi connectivity index (χ4n) is 4.11. The summed E-state index contributed by atoms with van der Waals surface area (Å²) >= 11 is 0. The molecule has 0 amide bonds. The molecule has 0 aliphatic carbocycles. The van der Waals surface area contributed by atoms with E-state index in [4.69, 9.17) is 0 Å². The Morgan fingerprint density at radius 1 is 0.833 bits per heavy atom. The first-order valence-corrected chi connectivity index (χ1v) is 8.68. The van der Waals surface area contributed by atoms with Gasteiger partial charge in [0.05, 0.1) is 0 Å². The van der Waals surface area contributed by atoms with Gasteiger partial charge >= 0.3 is 0 Å². The van der Waals surface area contributed by atoms with Gasteiger partial charge < -0.3 is 9.88 Å². The Morgan fingerprint density at radius 2 is 1.62 bits per heavy atom. The lowest BCUT2D eigenvalue weighted by Gasteiger charge is -2.18. The Balaban J connectivity index is 1.72. The number of nitrogens with one attached hydrogen (secondary N) is 1. The molecule has 0 saturated carbocycles. The van der Waals surface area contributed by atoms with Crippen LogP contribution in [0.15, 0.2) is 66.7 Å². The number of hydrogen-bond donors (Lipinski definition) is 1. The monoisotopic (exact) mass is 312 g/mol. The van der Waals surface area contributed by atoms with E-state index in [1.165, 1.54) is 38.5 Å². The molecule has 1 aromatic heterocycles. The summed E-state index contributed by atoms with van der Waals surface area (Å²) < 4.78 is 2.51. The topological polar surface area (TPSA) is 17.0 Å². The highest BCUT2D eigenvalue weighted by Crippen LogP contribution is 2.30. The fourth-order valence-corrected chi connectivity index (χ4v) is 4.11. The van der Waals surface area contributed by atoms with Gasteiger partial charge in [-0.05, 0) is 40.9 Å². The van der Waals surface area contributed by atoms with Crippen LogP contribution in [0.25, 0.3) is 21.7 Å². The molecular formula is C22H20N2. The smallest absolute Gasteiger partial charge is 0.0489 e. The molecule has 2 heteroatoms. The summed E-state index contributed by atoms with van der Waals surface area (Å²) in [5, 5.41) is 7.64. The van der Waals surface area contributed by atoms with Crippen LogP contribution in [0.2, 0.25) is 0 Å². The summed E-state index contributed by atoms with van der Waals surface area (Å²) in [5.41, 5.74) is 5.74. The Hall–Kier alpha value is -2.58. The fraction of sp³-hybridized carbons (Fsp3) is 0.182. The minimum Gasteiger partial charge on any atom is -0.339 e. The lowest BCUT2D eigenvalue weighted by Crippen LogP contribution is -2.25. The molecule has 1 aliphatic heterocycles. The second-order valence-electron chi connectivity index (χ2n) is 6.59. The number of hydrogen-bond acceptors (Lipinski definition) is 1. The van der Waals surface area contributed by atoms with Gasteiger partial charge in [-0.1, -0.05) is 60.7 Å². The first-order chi connectivity index (χ1) is 11.9. The van der Waals surface area contributed by atoms with Crippen molar-refractivity contribution in [3.63, 3.8) is 0 Å². The Morgan fingerprint density at radius 3 is 2.58 bits per heavy atom. The molecule has 0 bridgehead atoms. The molecule has 0 atom stereocenters. The van der Waals surface area contributed by atoms with Crippen molar-refractivity contribution in [1.82, 2.24) is 9.88 Å². The van der Waals surface area contributed by atoms with Gasteiger partial charge in [-0.2, -0.15) is 0 Å². The Bertz CT molecular complexity index is 1040. The summed E-state index contributed by atoms with van der Waals surface area (Å²) in [6.07, 6.45) is 1.12. The first-order valence-electron chi connectivity index (χ1n) is 8.68. The van der Waals surface area contributed by atoms with E-state index in [0.717, 1.165) is 26.1 Å². The second-order valence-corrected chi connectivity index (χ2v) is 6.59. The van der Waals surface area contributed by atoms with E-state index in [9.17, 15) is 0 Å². The number of para-hydroxylation sites is 1. The second kappa shape index (κ2) is 5.50. The average molecular weight is 312 g/mol. The van der Waals surface area contributed by atoms with Crippen molar-refractivity contribution in [3.8, 4) is 0 Å². The average Bonchev–Trinajstić information content (AvgIpc) is 2.97. The quantitative estimate of drug-likeness (QED) is 0.577. The molecule has 5 rings (SSSR count). The SMILES string of the molecule is c1ccc2c(Cn3c4c(c5ccccc53)CCNC4)cccc2c1. The molecule has 0 spiro atoms. The van der Waals surface area contributed by atoms with Crippen LogP contribution in [0.5, 0.6) is 0 Å². The van der Waals surface area contributed by atoms with Gasteiger partial charge in [0.25, 0.3) is 0 Å². The van der Waals surface area contributed by atoms with Crippen molar-refractivity contribution >= 4 is 21.7 Å². The largest absolute Gasteiger partial charge is 0.339 e. The van der Waals surface area contributed by atoms with Crippen LogP contribution in [0, 0.1) is 0 Å². The third-order valence-electron chi connectivity index (χ3n) is 5.25. The standard InChI is InChI=1S/C22H20N2/c1-2-9-18-16(6-1)7-5-8-17(18)15-24-21-11-4-3-10-19(21)20-12-13-23-14-22(20)24/h1-11,23H,12-15H2. The lowest BCUT2D eigenvalue weighted by atomic mass is 10.0. The zero-order chi connectivity index (χ0) is 15.9. The molecule has 1 aliphatic rings. The van der Waals surface area contributed by atoms with Crippen molar-refractivity contribution in [2.45, 2.75) is 19.5 Å². The highest BCUT2D eigenvalue weighted by atomic mass is 15.0. The zero-order valence-corrected chi connectivity index (χ0v) is 13.6. The highest BCUT2D eigenvalue weighted by molar-refractivity contribution is 5.88. The van der Waals surface area contributed by atoms with Crippen LogP contribution in [0.1, 0.15) is 16.8 Å². The molecule has 3 aromatic carbocycles. The zero-order valence-electron chi connectivity index (χ0n) is 13.6. The van der Waals surface area contributed by atoms with Crippen molar-refractivity contribution in [2.75, 3.05) is 6.54 Å². The minimum absolute atomic E-state index is 0.929. The molecule has 118 valence electrons. The lowest BCUT2D eigenvalue weighted by molar-refractivity contribution is 0.603. The molecule has 0 saturated heterocycles. The summed E-state index contributed by atoms with van der Waals surface area (Å²) in [6, 6.07) is 24.2. The molecule has 2 nitrogen and oxygen atoms in total. The number of benzene rings is 3. The van der Waals surface area contributed by atoms with Gasteiger partial charge in [-0.25, -0.2) is 0 Å². The summed E-state index contributed by atoms with van der Waals surface area (Å²) in [7, 11) is 0. The van der Waals surface area contributed by atoms with Crippen LogP contribution in [-0.2, 0) is 19.5 Å². The van der Waals surface area contributed by atoms with E-state index in [1.54, 1.807) is 0 Å². The summed E-state index contributed by atoms with van der Waals surface area (Å²) in [4.78, 5) is 0. The van der Waals surface area contributed by atoms with E-state index < -0.39 is 0 Å². The maximum absolute atomic E-state index is 3.54. The van der Waals surface area contributed by atoms with Gasteiger partial charge in [-0.15, -0.1) is 0 Å². The van der Waals surface area contributed by atoms with Gasteiger partial charge in [0, 0.05) is 29.7 Å². The van der Waals surface area contributed by atoms with Crippen molar-refractivity contribution in [1.29, 1.82) is 0 Å². The predicted molar refractivity (Wildman–Crippen MR) is 100 cm³/mol. The van der Waals surface area contributed by atoms with Crippen molar-refractivity contribution < 1.29 is 0 Å². The molecule has 0 unspecified atom stereocenters. The van der Waals surface area contributed by atoms with E-state index in [2.05, 4.69) is 76.6 Å². The van der Waals surface area contributed by atoms with Crippen LogP contribution >= 0.6 is 0 Å². The molecule has 1 N–H and O–H groups in total. The summed E-state index contributed by atoms with van der Waals surface area (Å²) in [5.74, 6) is 0. The van der Waals surface area contributed by atoms with E-state index in [1.807, 2.05) is 0 Å². The summed E-state index contributed by atoms with van der Waals surface area (Å²) in [6.45, 7) is 2.98. The number of aromatic nitrogens is 1. The molecular weight excluding hydrogens is 292 g/mol. The molecule has 2 heterocycles. The Labute approximate surface area is 141 Å². The number of nitrogens with zero attached hydrogens (tertiary/aromatic N) is 1. The van der Waals surface area contributed by atoms with E-state index in [0.29, 0.717) is 0 Å². The third-order valence-corrected chi connectivity index (χ3v) is 5.25. The first kappa shape index (κ1) is 13.8. The van der Waals surface area contributed by atoms with Crippen LogP contribution in [-0.4, -0.2) is 11.1 Å².